The topological polar surface area (TPSA) is 49.9 Å². The van der Waals surface area contributed by atoms with Crippen LogP contribution in [0.25, 0.3) is 0 Å². The van der Waals surface area contributed by atoms with Gasteiger partial charge in [-0.3, -0.25) is 9.59 Å². The van der Waals surface area contributed by atoms with E-state index in [9.17, 15) is 9.59 Å². The number of ether oxygens (including phenoxy) is 1. The number of carbonyl (C=O) groups excluding carboxylic acids is 2. The minimum absolute atomic E-state index is 0.0372. The molecule has 3 aromatic carbocycles. The number of carbonyl (C=O) groups is 2. The molecule has 0 unspecified atom stereocenters. The highest BCUT2D eigenvalue weighted by molar-refractivity contribution is 6.30. The number of nitrogens with zero attached hydrogens (tertiary/aromatic N) is 2. The van der Waals surface area contributed by atoms with E-state index < -0.39 is 0 Å². The van der Waals surface area contributed by atoms with Crippen LogP contribution in [0.15, 0.2) is 78.9 Å². The van der Waals surface area contributed by atoms with Gasteiger partial charge in [-0.2, -0.15) is 0 Å². The Balaban J connectivity index is 1.45. The average Bonchev–Trinajstić information content (AvgIpc) is 2.93. The summed E-state index contributed by atoms with van der Waals surface area (Å²) in [5, 5.41) is 0.650. The third-order valence-electron chi connectivity index (χ3n) is 7.68. The minimum atomic E-state index is -0.367. The third-order valence-corrected chi connectivity index (χ3v) is 7.93. The van der Waals surface area contributed by atoms with Crippen molar-refractivity contribution >= 4 is 23.4 Å². The predicted molar refractivity (Wildman–Crippen MR) is 157 cm³/mol. The van der Waals surface area contributed by atoms with E-state index in [1.807, 2.05) is 78.7 Å². The normalized spacial score (nSPS) is 15.1. The summed E-state index contributed by atoms with van der Waals surface area (Å²) in [6.45, 7) is 8.63. The third kappa shape index (κ3) is 7.63. The van der Waals surface area contributed by atoms with Crippen LogP contribution < -0.4 is 4.74 Å². The maximum Gasteiger partial charge on any atom is 0.253 e. The first kappa shape index (κ1) is 28.7. The Morgan fingerprint density at radius 3 is 2.13 bits per heavy atom. The number of hydrogen-bond donors (Lipinski definition) is 0. The van der Waals surface area contributed by atoms with Gasteiger partial charge in [0.05, 0.1) is 6.61 Å². The molecular formula is C33H39ClN2O3. The van der Waals surface area contributed by atoms with Gasteiger partial charge in [-0.1, -0.05) is 74.8 Å². The first-order valence-corrected chi connectivity index (χ1v) is 14.0. The maximum atomic E-state index is 13.4. The second-order valence-electron chi connectivity index (χ2n) is 11.8. The number of halogens is 1. The summed E-state index contributed by atoms with van der Waals surface area (Å²) >= 11 is 6.04. The summed E-state index contributed by atoms with van der Waals surface area (Å²) in [6, 6.07) is 25.2. The molecule has 0 bridgehead atoms. The first-order chi connectivity index (χ1) is 18.5. The predicted octanol–water partition coefficient (Wildman–Crippen LogP) is 6.99. The first-order valence-electron chi connectivity index (χ1n) is 13.6. The Morgan fingerprint density at radius 2 is 1.54 bits per heavy atom. The lowest BCUT2D eigenvalue weighted by Gasteiger charge is -2.42. The molecule has 1 heterocycles. The molecule has 6 heteroatoms. The van der Waals surface area contributed by atoms with E-state index in [0.717, 1.165) is 11.3 Å². The molecule has 1 aliphatic rings. The fourth-order valence-electron chi connectivity index (χ4n) is 5.02. The summed E-state index contributed by atoms with van der Waals surface area (Å²) in [5.41, 5.74) is 2.67. The van der Waals surface area contributed by atoms with Gasteiger partial charge in [0.1, 0.15) is 5.75 Å². The number of rotatable bonds is 8. The molecule has 0 atom stereocenters. The van der Waals surface area contributed by atoms with E-state index >= 15 is 0 Å². The van der Waals surface area contributed by atoms with Crippen LogP contribution >= 0.6 is 11.6 Å². The van der Waals surface area contributed by atoms with Crippen LogP contribution in [-0.4, -0.2) is 48.4 Å². The van der Waals surface area contributed by atoms with Crippen molar-refractivity contribution in [2.24, 2.45) is 5.41 Å². The molecular weight excluding hydrogens is 508 g/mol. The molecule has 0 aliphatic carbocycles. The molecule has 5 nitrogen and oxygen atoms in total. The molecule has 0 spiro atoms. The van der Waals surface area contributed by atoms with Crippen LogP contribution in [0.2, 0.25) is 5.02 Å². The molecule has 39 heavy (non-hydrogen) atoms. The molecule has 1 fully saturated rings. The summed E-state index contributed by atoms with van der Waals surface area (Å²) in [5.74, 6) is 0.840. The van der Waals surface area contributed by atoms with Crippen LogP contribution in [-0.2, 0) is 16.8 Å². The monoisotopic (exact) mass is 546 g/mol. The van der Waals surface area contributed by atoms with Crippen molar-refractivity contribution in [2.75, 3.05) is 26.7 Å². The molecule has 3 aromatic rings. The van der Waals surface area contributed by atoms with Crippen molar-refractivity contribution in [1.82, 2.24) is 9.80 Å². The van der Waals surface area contributed by atoms with Gasteiger partial charge in [-0.15, -0.1) is 0 Å². The van der Waals surface area contributed by atoms with Crippen LogP contribution in [0.1, 0.15) is 61.5 Å². The fourth-order valence-corrected chi connectivity index (χ4v) is 5.15. The van der Waals surface area contributed by atoms with E-state index in [1.54, 1.807) is 17.0 Å². The Hall–Kier alpha value is -3.31. The van der Waals surface area contributed by atoms with E-state index in [-0.39, 0.29) is 22.6 Å². The molecule has 2 amide bonds. The zero-order chi connectivity index (χ0) is 28.0. The Morgan fingerprint density at radius 1 is 0.923 bits per heavy atom. The molecule has 206 valence electrons. The van der Waals surface area contributed by atoms with Crippen molar-refractivity contribution in [3.05, 3.63) is 101 Å². The lowest BCUT2D eigenvalue weighted by atomic mass is 9.75. The highest BCUT2D eigenvalue weighted by Gasteiger charge is 2.39. The van der Waals surface area contributed by atoms with E-state index in [1.165, 1.54) is 5.56 Å². The van der Waals surface area contributed by atoms with Gasteiger partial charge in [0.15, 0.2) is 0 Å². The van der Waals surface area contributed by atoms with E-state index in [2.05, 4.69) is 20.8 Å². The Kier molecular flexibility index (Phi) is 9.01. The van der Waals surface area contributed by atoms with Crippen LogP contribution in [0.4, 0.5) is 0 Å². The minimum Gasteiger partial charge on any atom is -0.493 e. The van der Waals surface area contributed by atoms with E-state index in [0.29, 0.717) is 56.1 Å². The van der Waals surface area contributed by atoms with Crippen LogP contribution in [0.3, 0.4) is 0 Å². The van der Waals surface area contributed by atoms with Gasteiger partial charge in [0.2, 0.25) is 5.91 Å². The molecule has 0 radical (unpaired) electrons. The largest absolute Gasteiger partial charge is 0.493 e. The van der Waals surface area contributed by atoms with Crippen molar-refractivity contribution in [2.45, 2.75) is 52.0 Å². The maximum absolute atomic E-state index is 13.4. The highest BCUT2D eigenvalue weighted by Crippen LogP contribution is 2.37. The van der Waals surface area contributed by atoms with Crippen molar-refractivity contribution < 1.29 is 14.3 Å². The smallest absolute Gasteiger partial charge is 0.253 e. The zero-order valence-electron chi connectivity index (χ0n) is 23.5. The number of piperidine rings is 1. The zero-order valence-corrected chi connectivity index (χ0v) is 24.2. The van der Waals surface area contributed by atoms with Crippen molar-refractivity contribution in [3.63, 3.8) is 0 Å². The SMILES string of the molecule is CN(Cc1ccccc1)C(=O)CC1(COc2ccc(Cl)cc2)CCN(C(=O)c2ccc(C(C)(C)C)cc2)CC1. The van der Waals surface area contributed by atoms with Gasteiger partial charge >= 0.3 is 0 Å². The van der Waals surface area contributed by atoms with Crippen LogP contribution in [0, 0.1) is 5.41 Å². The number of amides is 2. The Labute approximate surface area is 237 Å². The lowest BCUT2D eigenvalue weighted by Crippen LogP contribution is -2.47. The highest BCUT2D eigenvalue weighted by atomic mass is 35.5. The molecule has 1 aliphatic heterocycles. The molecule has 1 saturated heterocycles. The number of hydrogen-bond acceptors (Lipinski definition) is 3. The van der Waals surface area contributed by atoms with Gasteiger partial charge in [0, 0.05) is 49.1 Å². The summed E-state index contributed by atoms with van der Waals surface area (Å²) < 4.78 is 6.20. The summed E-state index contributed by atoms with van der Waals surface area (Å²) in [6.07, 6.45) is 1.75. The lowest BCUT2D eigenvalue weighted by molar-refractivity contribution is -0.134. The molecule has 4 rings (SSSR count). The van der Waals surface area contributed by atoms with Crippen molar-refractivity contribution in [3.8, 4) is 5.75 Å². The Bertz CT molecular complexity index is 1240. The summed E-state index contributed by atoms with van der Waals surface area (Å²) in [7, 11) is 1.85. The van der Waals surface area contributed by atoms with Gasteiger partial charge in [0.25, 0.3) is 5.91 Å². The molecule has 0 aromatic heterocycles. The second kappa shape index (κ2) is 12.3. The second-order valence-corrected chi connectivity index (χ2v) is 12.2. The van der Waals surface area contributed by atoms with E-state index in [4.69, 9.17) is 16.3 Å². The summed E-state index contributed by atoms with van der Waals surface area (Å²) in [4.78, 5) is 30.4. The fraction of sp³-hybridized carbons (Fsp3) is 0.394. The molecule has 0 saturated carbocycles. The molecule has 0 N–H and O–H groups in total. The average molecular weight is 547 g/mol. The van der Waals surface area contributed by atoms with Gasteiger partial charge < -0.3 is 14.5 Å². The number of likely N-dealkylation sites (tertiary alicyclic amines) is 1. The van der Waals surface area contributed by atoms with Gasteiger partial charge in [-0.25, -0.2) is 0 Å². The van der Waals surface area contributed by atoms with Gasteiger partial charge in [-0.05, 0) is 65.8 Å². The standard InChI is InChI=1S/C33H39ClN2O3/c1-32(2,3)27-12-10-26(11-13-27)31(38)36-20-18-33(19-21-36,24-39-29-16-14-28(34)15-17-29)22-30(37)35(4)23-25-8-6-5-7-9-25/h5-17H,18-24H2,1-4H3. The quantitative estimate of drug-likeness (QED) is 0.306. The number of benzene rings is 3. The van der Waals surface area contributed by atoms with Crippen LogP contribution in [0.5, 0.6) is 5.75 Å². The van der Waals surface area contributed by atoms with Crippen molar-refractivity contribution in [1.29, 1.82) is 0 Å².